The molecule has 4 nitrogen and oxygen atoms in total. The molecule has 1 aromatic carbocycles. The molecule has 2 aromatic rings. The molecule has 0 amide bonds. The van der Waals surface area contributed by atoms with Crippen LogP contribution >= 0.6 is 11.8 Å². The van der Waals surface area contributed by atoms with Crippen molar-refractivity contribution in [2.45, 2.75) is 30.3 Å². The molecule has 1 fully saturated rings. The Morgan fingerprint density at radius 3 is 2.55 bits per heavy atom. The fourth-order valence-corrected chi connectivity index (χ4v) is 2.21. The van der Waals surface area contributed by atoms with E-state index >= 15 is 0 Å². The summed E-state index contributed by atoms with van der Waals surface area (Å²) >= 11 is 1.71. The van der Waals surface area contributed by atoms with E-state index in [1.54, 1.807) is 11.8 Å². The minimum absolute atomic E-state index is 0.525. The molecule has 0 bridgehead atoms. The third-order valence-electron chi connectivity index (χ3n) is 3.13. The van der Waals surface area contributed by atoms with Gasteiger partial charge < -0.3 is 10.1 Å². The number of nitrogens with zero attached hydrogens (tertiary/aromatic N) is 2. The Morgan fingerprint density at radius 2 is 1.95 bits per heavy atom. The van der Waals surface area contributed by atoms with Gasteiger partial charge in [0.15, 0.2) is 0 Å². The first-order valence-electron chi connectivity index (χ1n) is 6.71. The maximum atomic E-state index is 5.67. The molecule has 0 saturated heterocycles. The molecule has 1 aliphatic carbocycles. The fraction of sp³-hybridized carbons (Fsp3) is 0.333. The lowest BCUT2D eigenvalue weighted by atomic mass is 10.3. The Balaban J connectivity index is 1.58. The highest BCUT2D eigenvalue weighted by Gasteiger charge is 2.20. The summed E-state index contributed by atoms with van der Waals surface area (Å²) < 4.78 is 5.67. The number of aromatic nitrogens is 2. The van der Waals surface area contributed by atoms with Crippen molar-refractivity contribution >= 4 is 11.8 Å². The highest BCUT2D eigenvalue weighted by atomic mass is 32.2. The molecule has 3 rings (SSSR count). The van der Waals surface area contributed by atoms with Gasteiger partial charge in [0.2, 0.25) is 5.88 Å². The van der Waals surface area contributed by atoms with Gasteiger partial charge in [-0.15, -0.1) is 16.9 Å². The van der Waals surface area contributed by atoms with Crippen LogP contribution in [-0.4, -0.2) is 22.5 Å². The standard InChI is InChI=1S/C15H17N3OS/c1-20-14-7-5-13(6-8-14)19-15-9-4-12(17-18-15)10-16-11-2-3-11/h4-9,11,16H,2-3,10H2,1H3. The molecule has 1 aromatic heterocycles. The molecule has 0 aliphatic heterocycles. The predicted molar refractivity (Wildman–Crippen MR) is 80.2 cm³/mol. The van der Waals surface area contributed by atoms with Crippen molar-refractivity contribution in [1.82, 2.24) is 15.5 Å². The number of hydrogen-bond donors (Lipinski definition) is 1. The van der Waals surface area contributed by atoms with E-state index < -0.39 is 0 Å². The number of ether oxygens (including phenoxy) is 1. The quantitative estimate of drug-likeness (QED) is 0.826. The minimum atomic E-state index is 0.525. The van der Waals surface area contributed by atoms with Crippen molar-refractivity contribution in [1.29, 1.82) is 0 Å². The van der Waals surface area contributed by atoms with Crippen molar-refractivity contribution in [2.24, 2.45) is 0 Å². The number of benzene rings is 1. The van der Waals surface area contributed by atoms with Crippen molar-refractivity contribution in [3.05, 3.63) is 42.1 Å². The molecular formula is C15H17N3OS. The largest absolute Gasteiger partial charge is 0.438 e. The SMILES string of the molecule is CSc1ccc(Oc2ccc(CNC3CC3)nn2)cc1. The average molecular weight is 287 g/mol. The maximum Gasteiger partial charge on any atom is 0.238 e. The van der Waals surface area contributed by atoms with Gasteiger partial charge in [0.05, 0.1) is 5.69 Å². The van der Waals surface area contributed by atoms with Gasteiger partial charge in [0.1, 0.15) is 5.75 Å². The first-order valence-corrected chi connectivity index (χ1v) is 7.94. The molecule has 104 valence electrons. The Hall–Kier alpha value is -1.59. The third-order valence-corrected chi connectivity index (χ3v) is 3.87. The van der Waals surface area contributed by atoms with E-state index in [0.717, 1.165) is 18.0 Å². The average Bonchev–Trinajstić information content (AvgIpc) is 3.32. The van der Waals surface area contributed by atoms with Crippen LogP contribution in [0.5, 0.6) is 11.6 Å². The van der Waals surface area contributed by atoms with Crippen molar-refractivity contribution in [3.63, 3.8) is 0 Å². The molecule has 1 saturated carbocycles. The molecule has 0 atom stereocenters. The zero-order chi connectivity index (χ0) is 13.8. The third kappa shape index (κ3) is 3.71. The molecule has 0 radical (unpaired) electrons. The summed E-state index contributed by atoms with van der Waals surface area (Å²) in [5, 5.41) is 11.7. The molecule has 5 heteroatoms. The minimum Gasteiger partial charge on any atom is -0.438 e. The van der Waals surface area contributed by atoms with Crippen LogP contribution in [0.3, 0.4) is 0 Å². The van der Waals surface area contributed by atoms with E-state index in [2.05, 4.69) is 21.8 Å². The Kier molecular flexibility index (Phi) is 4.18. The van der Waals surface area contributed by atoms with E-state index in [1.165, 1.54) is 17.7 Å². The van der Waals surface area contributed by atoms with E-state index in [-0.39, 0.29) is 0 Å². The topological polar surface area (TPSA) is 47.0 Å². The first-order chi connectivity index (χ1) is 9.83. The number of hydrogen-bond acceptors (Lipinski definition) is 5. The molecular weight excluding hydrogens is 270 g/mol. The van der Waals surface area contributed by atoms with E-state index in [4.69, 9.17) is 4.74 Å². The van der Waals surface area contributed by atoms with Gasteiger partial charge in [0, 0.05) is 23.5 Å². The summed E-state index contributed by atoms with van der Waals surface area (Å²) in [5.74, 6) is 1.30. The molecule has 1 heterocycles. The van der Waals surface area contributed by atoms with E-state index in [0.29, 0.717) is 11.9 Å². The Labute approximate surface area is 123 Å². The van der Waals surface area contributed by atoms with Crippen LogP contribution in [0.15, 0.2) is 41.3 Å². The monoisotopic (exact) mass is 287 g/mol. The van der Waals surface area contributed by atoms with Crippen LogP contribution in [0.1, 0.15) is 18.5 Å². The summed E-state index contributed by atoms with van der Waals surface area (Å²) in [5.41, 5.74) is 0.946. The Bertz CT molecular complexity index is 552. The van der Waals surface area contributed by atoms with Crippen LogP contribution in [0.4, 0.5) is 0 Å². The van der Waals surface area contributed by atoms with E-state index in [9.17, 15) is 0 Å². The lowest BCUT2D eigenvalue weighted by Gasteiger charge is -2.06. The van der Waals surface area contributed by atoms with Crippen molar-refractivity contribution < 1.29 is 4.74 Å². The molecule has 20 heavy (non-hydrogen) atoms. The summed E-state index contributed by atoms with van der Waals surface area (Å²) in [6.07, 6.45) is 4.61. The van der Waals surface area contributed by atoms with Crippen molar-refractivity contribution in [3.8, 4) is 11.6 Å². The smallest absolute Gasteiger partial charge is 0.238 e. The van der Waals surface area contributed by atoms with Crippen LogP contribution in [0, 0.1) is 0 Å². The van der Waals surface area contributed by atoms with E-state index in [1.807, 2.05) is 36.4 Å². The lowest BCUT2D eigenvalue weighted by molar-refractivity contribution is 0.452. The number of thioether (sulfide) groups is 1. The van der Waals surface area contributed by atoms with Crippen molar-refractivity contribution in [2.75, 3.05) is 6.26 Å². The summed E-state index contributed by atoms with van der Waals surface area (Å²) in [7, 11) is 0. The number of rotatable bonds is 6. The van der Waals surface area contributed by atoms with Gasteiger partial charge in [-0.05, 0) is 49.4 Å². The molecule has 1 N–H and O–H groups in total. The zero-order valence-electron chi connectivity index (χ0n) is 11.4. The maximum absolute atomic E-state index is 5.67. The van der Waals surface area contributed by atoms with Gasteiger partial charge in [-0.1, -0.05) is 0 Å². The molecule has 0 spiro atoms. The Morgan fingerprint density at radius 1 is 1.15 bits per heavy atom. The summed E-state index contributed by atoms with van der Waals surface area (Å²) in [4.78, 5) is 1.21. The fourth-order valence-electron chi connectivity index (χ4n) is 1.80. The second-order valence-corrected chi connectivity index (χ2v) is 5.68. The molecule has 1 aliphatic rings. The summed E-state index contributed by atoms with van der Waals surface area (Å²) in [6, 6.07) is 12.4. The van der Waals surface area contributed by atoms with Gasteiger partial charge in [-0.25, -0.2) is 0 Å². The van der Waals surface area contributed by atoms with Crippen LogP contribution in [0.25, 0.3) is 0 Å². The van der Waals surface area contributed by atoms with Gasteiger partial charge in [-0.2, -0.15) is 5.10 Å². The van der Waals surface area contributed by atoms with Crippen LogP contribution in [0.2, 0.25) is 0 Å². The first kappa shape index (κ1) is 13.4. The van der Waals surface area contributed by atoms with Gasteiger partial charge in [0.25, 0.3) is 0 Å². The highest BCUT2D eigenvalue weighted by molar-refractivity contribution is 7.98. The lowest BCUT2D eigenvalue weighted by Crippen LogP contribution is -2.16. The number of nitrogens with one attached hydrogen (secondary N) is 1. The normalized spacial score (nSPS) is 14.2. The zero-order valence-corrected chi connectivity index (χ0v) is 12.2. The second-order valence-electron chi connectivity index (χ2n) is 4.80. The highest BCUT2D eigenvalue weighted by Crippen LogP contribution is 2.23. The van der Waals surface area contributed by atoms with Crippen LogP contribution < -0.4 is 10.1 Å². The second kappa shape index (κ2) is 6.24. The van der Waals surface area contributed by atoms with Gasteiger partial charge in [-0.3, -0.25) is 0 Å². The van der Waals surface area contributed by atoms with Gasteiger partial charge >= 0.3 is 0 Å². The predicted octanol–water partition coefficient (Wildman–Crippen LogP) is 3.24. The van der Waals surface area contributed by atoms with Crippen LogP contribution in [-0.2, 0) is 6.54 Å². The summed E-state index contributed by atoms with van der Waals surface area (Å²) in [6.45, 7) is 0.778. The molecule has 0 unspecified atom stereocenters.